The van der Waals surface area contributed by atoms with Gasteiger partial charge in [0.2, 0.25) is 0 Å². The van der Waals surface area contributed by atoms with Crippen LogP contribution in [0.25, 0.3) is 0 Å². The maximum Gasteiger partial charge on any atom is 0.338 e. The third-order valence-corrected chi connectivity index (χ3v) is 3.68. The Morgan fingerprint density at radius 3 is 2.44 bits per heavy atom. The Morgan fingerprint density at radius 2 is 1.89 bits per heavy atom. The lowest BCUT2D eigenvalue weighted by atomic mass is 10.1. The number of nitrogens with zero attached hydrogens (tertiary/aromatic N) is 1. The minimum atomic E-state index is -1.15. The molecule has 9 heteroatoms. The van der Waals surface area contributed by atoms with Gasteiger partial charge < -0.3 is 19.9 Å². The number of methoxy groups -OCH3 is 1. The molecule has 0 bridgehead atoms. The SMILES string of the molecule is COc1ccc([N+](=O)[O-])cc1NC(=O)[C@@H](C)OC(=O)c1ccc(CO)cc1. The first-order valence-electron chi connectivity index (χ1n) is 7.89. The van der Waals surface area contributed by atoms with E-state index in [9.17, 15) is 19.7 Å². The second kappa shape index (κ2) is 8.77. The normalized spacial score (nSPS) is 11.4. The van der Waals surface area contributed by atoms with Gasteiger partial charge in [0, 0.05) is 12.1 Å². The van der Waals surface area contributed by atoms with Crippen LogP contribution in [-0.4, -0.2) is 35.1 Å². The molecule has 0 saturated carbocycles. The fourth-order valence-electron chi connectivity index (χ4n) is 2.17. The van der Waals surface area contributed by atoms with Gasteiger partial charge in [-0.15, -0.1) is 0 Å². The van der Waals surface area contributed by atoms with Gasteiger partial charge in [-0.25, -0.2) is 4.79 Å². The summed E-state index contributed by atoms with van der Waals surface area (Å²) in [7, 11) is 1.36. The van der Waals surface area contributed by atoms with E-state index >= 15 is 0 Å². The summed E-state index contributed by atoms with van der Waals surface area (Å²) in [6.45, 7) is 1.22. The highest BCUT2D eigenvalue weighted by Crippen LogP contribution is 2.29. The van der Waals surface area contributed by atoms with E-state index in [1.54, 1.807) is 12.1 Å². The Balaban J connectivity index is 2.07. The fraction of sp³-hybridized carbons (Fsp3) is 0.222. The maximum absolute atomic E-state index is 12.3. The molecule has 0 heterocycles. The van der Waals surface area contributed by atoms with Crippen LogP contribution in [0.4, 0.5) is 11.4 Å². The lowest BCUT2D eigenvalue weighted by molar-refractivity contribution is -0.384. The van der Waals surface area contributed by atoms with Gasteiger partial charge in [-0.2, -0.15) is 0 Å². The molecular formula is C18H18N2O7. The quantitative estimate of drug-likeness (QED) is 0.432. The molecule has 2 N–H and O–H groups in total. The molecule has 0 saturated heterocycles. The van der Waals surface area contributed by atoms with Crippen molar-refractivity contribution in [2.75, 3.05) is 12.4 Å². The van der Waals surface area contributed by atoms with Gasteiger partial charge in [-0.1, -0.05) is 12.1 Å². The van der Waals surface area contributed by atoms with Crippen LogP contribution >= 0.6 is 0 Å². The van der Waals surface area contributed by atoms with Crippen LogP contribution in [0, 0.1) is 10.1 Å². The summed E-state index contributed by atoms with van der Waals surface area (Å²) in [6.07, 6.45) is -1.15. The first-order chi connectivity index (χ1) is 12.8. The van der Waals surface area contributed by atoms with Crippen molar-refractivity contribution < 1.29 is 29.1 Å². The van der Waals surface area contributed by atoms with Crippen LogP contribution in [0.2, 0.25) is 0 Å². The van der Waals surface area contributed by atoms with Crippen molar-refractivity contribution in [3.63, 3.8) is 0 Å². The number of aliphatic hydroxyl groups is 1. The van der Waals surface area contributed by atoms with E-state index in [-0.39, 0.29) is 29.3 Å². The standard InChI is InChI=1S/C18H18N2O7/c1-11(27-18(23)13-5-3-12(10-21)4-6-13)17(22)19-15-9-14(20(24)25)7-8-16(15)26-2/h3-9,11,21H,10H2,1-2H3,(H,19,22)/t11-/m1/s1. The number of nitro groups is 1. The minimum Gasteiger partial charge on any atom is -0.495 e. The van der Waals surface area contributed by atoms with Crippen LogP contribution in [0.15, 0.2) is 42.5 Å². The van der Waals surface area contributed by atoms with E-state index < -0.39 is 22.9 Å². The van der Waals surface area contributed by atoms with E-state index in [4.69, 9.17) is 14.6 Å². The number of anilines is 1. The summed E-state index contributed by atoms with van der Waals surface area (Å²) < 4.78 is 10.2. The summed E-state index contributed by atoms with van der Waals surface area (Å²) >= 11 is 0. The molecule has 0 aromatic heterocycles. The smallest absolute Gasteiger partial charge is 0.338 e. The Kier molecular flexibility index (Phi) is 6.45. The van der Waals surface area contributed by atoms with Crippen molar-refractivity contribution in [1.29, 1.82) is 0 Å². The molecular weight excluding hydrogens is 356 g/mol. The molecule has 0 aliphatic carbocycles. The lowest BCUT2D eigenvalue weighted by Crippen LogP contribution is -2.30. The second-order valence-corrected chi connectivity index (χ2v) is 5.53. The number of nitrogens with one attached hydrogen (secondary N) is 1. The van der Waals surface area contributed by atoms with Crippen LogP contribution in [-0.2, 0) is 16.1 Å². The molecule has 0 unspecified atom stereocenters. The van der Waals surface area contributed by atoms with E-state index in [1.807, 2.05) is 0 Å². The highest BCUT2D eigenvalue weighted by molar-refractivity contribution is 5.98. The van der Waals surface area contributed by atoms with Gasteiger partial charge in [0.15, 0.2) is 6.10 Å². The summed E-state index contributed by atoms with van der Waals surface area (Å²) in [4.78, 5) is 34.7. The average Bonchev–Trinajstić information content (AvgIpc) is 2.67. The fourth-order valence-corrected chi connectivity index (χ4v) is 2.17. The number of non-ortho nitro benzene ring substituents is 1. The molecule has 0 radical (unpaired) electrons. The predicted molar refractivity (Wildman–Crippen MR) is 95.5 cm³/mol. The zero-order valence-electron chi connectivity index (χ0n) is 14.7. The molecule has 0 aliphatic heterocycles. The number of nitro benzene ring substituents is 1. The number of carbonyl (C=O) groups is 2. The van der Waals surface area contributed by atoms with E-state index in [2.05, 4.69) is 5.32 Å². The van der Waals surface area contributed by atoms with E-state index in [0.717, 1.165) is 6.07 Å². The summed E-state index contributed by atoms with van der Waals surface area (Å²) in [6, 6.07) is 9.83. The Labute approximate surface area is 154 Å². The van der Waals surface area contributed by atoms with Crippen molar-refractivity contribution in [3.05, 3.63) is 63.7 Å². The number of esters is 1. The van der Waals surface area contributed by atoms with Crippen LogP contribution < -0.4 is 10.1 Å². The number of hydrogen-bond acceptors (Lipinski definition) is 7. The van der Waals surface area contributed by atoms with Crippen LogP contribution in [0.5, 0.6) is 5.75 Å². The number of benzene rings is 2. The first kappa shape index (κ1) is 19.9. The van der Waals surface area contributed by atoms with Crippen molar-refractivity contribution in [3.8, 4) is 5.75 Å². The molecule has 2 rings (SSSR count). The van der Waals surface area contributed by atoms with Gasteiger partial charge in [0.25, 0.3) is 11.6 Å². The summed E-state index contributed by atoms with van der Waals surface area (Å²) in [5, 5.41) is 22.3. The molecule has 142 valence electrons. The minimum absolute atomic E-state index is 0.0897. The summed E-state index contributed by atoms with van der Waals surface area (Å²) in [5.74, 6) is -1.16. The van der Waals surface area contributed by atoms with Gasteiger partial charge in [0.05, 0.1) is 29.9 Å². The Hall–Kier alpha value is -3.46. The summed E-state index contributed by atoms with van der Waals surface area (Å²) in [5.41, 5.74) is 0.724. The molecule has 1 atom stereocenters. The number of ether oxygens (including phenoxy) is 2. The largest absolute Gasteiger partial charge is 0.495 e. The number of amides is 1. The number of rotatable bonds is 7. The zero-order valence-corrected chi connectivity index (χ0v) is 14.7. The van der Waals surface area contributed by atoms with Crippen LogP contribution in [0.1, 0.15) is 22.8 Å². The Morgan fingerprint density at radius 1 is 1.22 bits per heavy atom. The molecule has 1 amide bonds. The van der Waals surface area contributed by atoms with Gasteiger partial charge in [-0.3, -0.25) is 14.9 Å². The van der Waals surface area contributed by atoms with Crippen molar-refractivity contribution in [2.45, 2.75) is 19.6 Å². The maximum atomic E-state index is 12.3. The molecule has 2 aromatic carbocycles. The molecule has 0 aliphatic rings. The lowest BCUT2D eigenvalue weighted by Gasteiger charge is -2.15. The van der Waals surface area contributed by atoms with Gasteiger partial charge in [-0.05, 0) is 30.7 Å². The third-order valence-electron chi connectivity index (χ3n) is 3.68. The first-order valence-corrected chi connectivity index (χ1v) is 7.89. The predicted octanol–water partition coefficient (Wildman–Crippen LogP) is 2.28. The van der Waals surface area contributed by atoms with Crippen molar-refractivity contribution >= 4 is 23.3 Å². The molecule has 27 heavy (non-hydrogen) atoms. The number of hydrogen-bond donors (Lipinski definition) is 2. The van der Waals surface area contributed by atoms with E-state index in [1.165, 1.54) is 38.3 Å². The van der Waals surface area contributed by atoms with Crippen LogP contribution in [0.3, 0.4) is 0 Å². The van der Waals surface area contributed by atoms with Gasteiger partial charge >= 0.3 is 5.97 Å². The molecule has 9 nitrogen and oxygen atoms in total. The van der Waals surface area contributed by atoms with Crippen molar-refractivity contribution in [1.82, 2.24) is 0 Å². The van der Waals surface area contributed by atoms with E-state index in [0.29, 0.717) is 5.56 Å². The highest BCUT2D eigenvalue weighted by Gasteiger charge is 2.21. The third kappa shape index (κ3) is 5.02. The zero-order chi connectivity index (χ0) is 20.0. The average molecular weight is 374 g/mol. The highest BCUT2D eigenvalue weighted by atomic mass is 16.6. The molecule has 0 fully saturated rings. The topological polar surface area (TPSA) is 128 Å². The Bertz CT molecular complexity index is 849. The van der Waals surface area contributed by atoms with Gasteiger partial charge in [0.1, 0.15) is 5.75 Å². The number of aliphatic hydroxyl groups excluding tert-OH is 1. The van der Waals surface area contributed by atoms with Crippen molar-refractivity contribution in [2.24, 2.45) is 0 Å². The molecule has 0 spiro atoms. The monoisotopic (exact) mass is 374 g/mol. The molecule has 2 aromatic rings. The second-order valence-electron chi connectivity index (χ2n) is 5.53. The number of carbonyl (C=O) groups excluding carboxylic acids is 2.